The SMILES string of the molecule is c1ccc(C(c2ccc(CCc3ccc(C(c4ccccc4)n4nnc5ccccc54)cc3)cc2)n2nnc3ccccc32)cc1. The topological polar surface area (TPSA) is 61.4 Å². The molecule has 0 bridgehead atoms. The summed E-state index contributed by atoms with van der Waals surface area (Å²) in [5.74, 6) is 0. The molecule has 0 spiro atoms. The predicted octanol–water partition coefficient (Wildman–Crippen LogP) is 8.24. The Morgan fingerprint density at radius 3 is 1.13 bits per heavy atom. The summed E-state index contributed by atoms with van der Waals surface area (Å²) in [5.41, 5.74) is 11.2. The third-order valence-electron chi connectivity index (χ3n) is 8.77. The molecule has 8 rings (SSSR count). The zero-order valence-corrected chi connectivity index (χ0v) is 25.3. The number of para-hydroxylation sites is 2. The van der Waals surface area contributed by atoms with Gasteiger partial charge in [-0.15, -0.1) is 10.2 Å². The number of hydrogen-bond donors (Lipinski definition) is 0. The van der Waals surface area contributed by atoms with E-state index in [9.17, 15) is 0 Å². The highest BCUT2D eigenvalue weighted by Gasteiger charge is 2.21. The molecule has 2 unspecified atom stereocenters. The number of fused-ring (bicyclic) bond motifs is 2. The first-order valence-electron chi connectivity index (χ1n) is 15.7. The van der Waals surface area contributed by atoms with E-state index < -0.39 is 0 Å². The molecular weight excluding hydrogens is 564 g/mol. The Kier molecular flexibility index (Phi) is 7.36. The van der Waals surface area contributed by atoms with Crippen LogP contribution >= 0.6 is 0 Å². The van der Waals surface area contributed by atoms with Gasteiger partial charge in [0.2, 0.25) is 0 Å². The maximum atomic E-state index is 4.57. The van der Waals surface area contributed by atoms with Crippen LogP contribution in [0.2, 0.25) is 0 Å². The summed E-state index contributed by atoms with van der Waals surface area (Å²) >= 11 is 0. The van der Waals surface area contributed by atoms with Crippen LogP contribution in [0.3, 0.4) is 0 Å². The molecule has 8 aromatic rings. The number of aryl methyl sites for hydroxylation is 2. The minimum Gasteiger partial charge on any atom is -0.233 e. The van der Waals surface area contributed by atoms with Crippen molar-refractivity contribution in [1.29, 1.82) is 0 Å². The summed E-state index contributed by atoms with van der Waals surface area (Å²) in [6, 6.07) is 55.1. The maximum absolute atomic E-state index is 4.57. The van der Waals surface area contributed by atoms with Crippen molar-refractivity contribution < 1.29 is 0 Å². The summed E-state index contributed by atoms with van der Waals surface area (Å²) in [5, 5.41) is 18.0. The van der Waals surface area contributed by atoms with E-state index in [1.54, 1.807) is 0 Å². The standard InChI is InChI=1S/C40H32N6/c1-3-11-31(12-4-1)39(45-37-17-9-7-15-35(37)41-43-45)33-25-21-29(22-26-33)19-20-30-23-27-34(28-24-30)40(32-13-5-2-6-14-32)46-38-18-10-8-16-36(38)42-44-46/h1-18,21-28,39-40H,19-20H2. The van der Waals surface area contributed by atoms with Gasteiger partial charge < -0.3 is 0 Å². The monoisotopic (exact) mass is 596 g/mol. The second-order valence-corrected chi connectivity index (χ2v) is 11.7. The number of rotatable bonds is 9. The molecule has 0 aliphatic rings. The summed E-state index contributed by atoms with van der Waals surface area (Å²) in [7, 11) is 0. The molecule has 2 aromatic heterocycles. The first kappa shape index (κ1) is 27.7. The molecule has 0 saturated carbocycles. The van der Waals surface area contributed by atoms with Crippen molar-refractivity contribution >= 4 is 22.1 Å². The molecule has 0 fully saturated rings. The van der Waals surface area contributed by atoms with Crippen LogP contribution in [0.5, 0.6) is 0 Å². The Morgan fingerprint density at radius 1 is 0.370 bits per heavy atom. The predicted molar refractivity (Wildman–Crippen MR) is 183 cm³/mol. The molecule has 6 aromatic carbocycles. The third kappa shape index (κ3) is 5.35. The van der Waals surface area contributed by atoms with Crippen molar-refractivity contribution in [3.8, 4) is 0 Å². The van der Waals surface area contributed by atoms with Gasteiger partial charge in [-0.1, -0.05) is 144 Å². The fourth-order valence-corrected chi connectivity index (χ4v) is 6.40. The first-order chi connectivity index (χ1) is 22.8. The maximum Gasteiger partial charge on any atom is 0.113 e. The second-order valence-electron chi connectivity index (χ2n) is 11.7. The van der Waals surface area contributed by atoms with Crippen LogP contribution in [0.4, 0.5) is 0 Å². The Labute approximate surface area is 267 Å². The average molecular weight is 597 g/mol. The van der Waals surface area contributed by atoms with E-state index >= 15 is 0 Å². The van der Waals surface area contributed by atoms with Gasteiger partial charge in [0.25, 0.3) is 0 Å². The van der Waals surface area contributed by atoms with Crippen LogP contribution in [-0.4, -0.2) is 30.0 Å². The molecule has 46 heavy (non-hydrogen) atoms. The molecule has 0 amide bonds. The highest BCUT2D eigenvalue weighted by atomic mass is 15.4. The summed E-state index contributed by atoms with van der Waals surface area (Å²) in [4.78, 5) is 0. The lowest BCUT2D eigenvalue weighted by molar-refractivity contribution is 0.588. The molecule has 2 atom stereocenters. The first-order valence-corrected chi connectivity index (χ1v) is 15.7. The van der Waals surface area contributed by atoms with E-state index in [1.807, 2.05) is 57.9 Å². The fraction of sp³-hybridized carbons (Fsp3) is 0.100. The average Bonchev–Trinajstić information content (AvgIpc) is 3.75. The molecular formula is C40H32N6. The van der Waals surface area contributed by atoms with Crippen molar-refractivity contribution in [3.63, 3.8) is 0 Å². The van der Waals surface area contributed by atoms with Gasteiger partial charge in [0.15, 0.2) is 0 Å². The van der Waals surface area contributed by atoms with Gasteiger partial charge in [0.1, 0.15) is 23.1 Å². The summed E-state index contributed by atoms with van der Waals surface area (Å²) in [6.07, 6.45) is 1.91. The smallest absolute Gasteiger partial charge is 0.113 e. The number of hydrogen-bond acceptors (Lipinski definition) is 4. The zero-order chi connectivity index (χ0) is 30.7. The van der Waals surface area contributed by atoms with E-state index in [-0.39, 0.29) is 12.1 Å². The molecule has 0 radical (unpaired) electrons. The molecule has 0 N–H and O–H groups in total. The summed E-state index contributed by atoms with van der Waals surface area (Å²) < 4.78 is 4.07. The Bertz CT molecular complexity index is 2040. The lowest BCUT2D eigenvalue weighted by Crippen LogP contribution is -2.14. The molecule has 0 aliphatic carbocycles. The largest absolute Gasteiger partial charge is 0.233 e. The van der Waals surface area contributed by atoms with Crippen molar-refractivity contribution in [2.24, 2.45) is 0 Å². The van der Waals surface area contributed by atoms with Gasteiger partial charge in [-0.2, -0.15) is 0 Å². The molecule has 2 heterocycles. The Balaban J connectivity index is 1.03. The van der Waals surface area contributed by atoms with Crippen molar-refractivity contribution in [1.82, 2.24) is 30.0 Å². The van der Waals surface area contributed by atoms with E-state index in [4.69, 9.17) is 0 Å². The van der Waals surface area contributed by atoms with Crippen LogP contribution in [0.15, 0.2) is 158 Å². The Hall–Kier alpha value is -5.88. The van der Waals surface area contributed by atoms with Gasteiger partial charge >= 0.3 is 0 Å². The third-order valence-corrected chi connectivity index (χ3v) is 8.77. The zero-order valence-electron chi connectivity index (χ0n) is 25.3. The minimum absolute atomic E-state index is 0.0603. The lowest BCUT2D eigenvalue weighted by atomic mass is 9.95. The van der Waals surface area contributed by atoms with Gasteiger partial charge in [0.05, 0.1) is 11.0 Å². The Morgan fingerprint density at radius 2 is 0.717 bits per heavy atom. The molecule has 6 heteroatoms. The minimum atomic E-state index is -0.0603. The van der Waals surface area contributed by atoms with E-state index in [0.717, 1.165) is 34.9 Å². The fourth-order valence-electron chi connectivity index (χ4n) is 6.40. The van der Waals surface area contributed by atoms with Gasteiger partial charge in [0, 0.05) is 0 Å². The molecule has 6 nitrogen and oxygen atoms in total. The van der Waals surface area contributed by atoms with Crippen LogP contribution in [0.1, 0.15) is 45.5 Å². The highest BCUT2D eigenvalue weighted by Crippen LogP contribution is 2.31. The molecule has 0 aliphatic heterocycles. The van der Waals surface area contributed by atoms with Gasteiger partial charge in [-0.3, -0.25) is 0 Å². The number of nitrogens with zero attached hydrogens (tertiary/aromatic N) is 6. The van der Waals surface area contributed by atoms with E-state index in [0.29, 0.717) is 0 Å². The number of aromatic nitrogens is 6. The highest BCUT2D eigenvalue weighted by molar-refractivity contribution is 5.75. The normalized spacial score (nSPS) is 12.8. The quantitative estimate of drug-likeness (QED) is 0.168. The molecule has 222 valence electrons. The van der Waals surface area contributed by atoms with Crippen LogP contribution in [-0.2, 0) is 12.8 Å². The van der Waals surface area contributed by atoms with Crippen molar-refractivity contribution in [2.75, 3.05) is 0 Å². The summed E-state index contributed by atoms with van der Waals surface area (Å²) in [6.45, 7) is 0. The number of benzene rings is 6. The van der Waals surface area contributed by atoms with E-state index in [2.05, 4.69) is 130 Å². The van der Waals surface area contributed by atoms with Crippen molar-refractivity contribution in [3.05, 3.63) is 191 Å². The van der Waals surface area contributed by atoms with Crippen molar-refractivity contribution in [2.45, 2.75) is 24.9 Å². The van der Waals surface area contributed by atoms with E-state index in [1.165, 1.54) is 33.4 Å². The second kappa shape index (κ2) is 12.3. The van der Waals surface area contributed by atoms with Gasteiger partial charge in [-0.25, -0.2) is 9.36 Å². The van der Waals surface area contributed by atoms with Gasteiger partial charge in [-0.05, 0) is 70.5 Å². The molecule has 0 saturated heterocycles. The van der Waals surface area contributed by atoms with Crippen LogP contribution < -0.4 is 0 Å². The lowest BCUT2D eigenvalue weighted by Gasteiger charge is -2.20. The van der Waals surface area contributed by atoms with Crippen LogP contribution in [0.25, 0.3) is 22.1 Å². The van der Waals surface area contributed by atoms with Crippen LogP contribution in [0, 0.1) is 0 Å².